The zero-order valence-corrected chi connectivity index (χ0v) is 8.11. The summed E-state index contributed by atoms with van der Waals surface area (Å²) < 4.78 is 15.1. The van der Waals surface area contributed by atoms with Gasteiger partial charge in [0.2, 0.25) is 0 Å². The Morgan fingerprint density at radius 1 is 1.40 bits per heavy atom. The van der Waals surface area contributed by atoms with Crippen LogP contribution in [0, 0.1) is 0 Å². The van der Waals surface area contributed by atoms with Crippen molar-refractivity contribution in [2.24, 2.45) is 4.36 Å². The molecule has 0 aromatic heterocycles. The van der Waals surface area contributed by atoms with Gasteiger partial charge < -0.3 is 0 Å². The normalized spacial score (nSPS) is 15.6. The van der Waals surface area contributed by atoms with Crippen molar-refractivity contribution in [3.63, 3.8) is 0 Å². The van der Waals surface area contributed by atoms with E-state index in [4.69, 9.17) is 0 Å². The maximum atomic E-state index is 11.0. The third-order valence-corrected chi connectivity index (χ3v) is 2.82. The average molecular weight is 163 g/mol. The van der Waals surface area contributed by atoms with Crippen molar-refractivity contribution in [3.05, 3.63) is 0 Å². The predicted molar refractivity (Wildman–Crippen MR) is 46.9 cm³/mol. The van der Waals surface area contributed by atoms with Gasteiger partial charge in [-0.2, -0.15) is 0 Å². The van der Waals surface area contributed by atoms with Crippen molar-refractivity contribution in [3.8, 4) is 0 Å². The second-order valence-electron chi connectivity index (χ2n) is 2.93. The summed E-state index contributed by atoms with van der Waals surface area (Å²) in [6.07, 6.45) is 0.952. The van der Waals surface area contributed by atoms with Crippen molar-refractivity contribution in [2.45, 2.75) is 39.7 Å². The lowest BCUT2D eigenvalue weighted by atomic mass is 10.1. The molecule has 62 valence electrons. The molecule has 0 aliphatic heterocycles. The van der Waals surface area contributed by atoms with Crippen LogP contribution in [0.2, 0.25) is 0 Å². The number of hydrogen-bond donors (Lipinski definition) is 1. The highest BCUT2D eigenvalue weighted by Crippen LogP contribution is 2.13. The highest BCUT2D eigenvalue weighted by Gasteiger charge is 2.11. The van der Waals surface area contributed by atoms with E-state index < -0.39 is 10.6 Å². The first-order valence-electron chi connectivity index (χ1n) is 3.69. The molecule has 0 N–H and O–H groups in total. The predicted octanol–water partition coefficient (Wildman–Crippen LogP) is 1.86. The van der Waals surface area contributed by atoms with Crippen LogP contribution in [0.25, 0.3) is 0 Å². The van der Waals surface area contributed by atoms with E-state index in [2.05, 4.69) is 11.3 Å². The first kappa shape index (κ1) is 9.95. The van der Waals surface area contributed by atoms with Crippen LogP contribution < -0.4 is 0 Å². The minimum absolute atomic E-state index is 0.0938. The number of rotatable bonds is 3. The van der Waals surface area contributed by atoms with Gasteiger partial charge in [0.1, 0.15) is 0 Å². The standard InChI is InChI=1S/C7H17NOS/c1-5-7(3,4)8-10(9)6-2/h10H,5-6H2,1-4H3. The van der Waals surface area contributed by atoms with Gasteiger partial charge in [-0.15, -0.1) is 0 Å². The van der Waals surface area contributed by atoms with Gasteiger partial charge in [0.15, 0.2) is 0 Å². The van der Waals surface area contributed by atoms with E-state index >= 15 is 0 Å². The highest BCUT2D eigenvalue weighted by atomic mass is 32.2. The van der Waals surface area contributed by atoms with E-state index in [-0.39, 0.29) is 5.54 Å². The van der Waals surface area contributed by atoms with Gasteiger partial charge in [0, 0.05) is 16.3 Å². The molecule has 0 fully saturated rings. The summed E-state index contributed by atoms with van der Waals surface area (Å²) in [5, 5.41) is 0. The smallest absolute Gasteiger partial charge is 0.0641 e. The molecule has 0 aromatic rings. The van der Waals surface area contributed by atoms with Gasteiger partial charge in [0.05, 0.1) is 5.54 Å². The van der Waals surface area contributed by atoms with Crippen LogP contribution in [0.1, 0.15) is 34.1 Å². The maximum absolute atomic E-state index is 11.0. The van der Waals surface area contributed by atoms with Gasteiger partial charge in [-0.05, 0) is 20.3 Å². The van der Waals surface area contributed by atoms with Gasteiger partial charge in [0.25, 0.3) is 0 Å². The maximum Gasteiger partial charge on any atom is 0.0641 e. The number of hydrogen-bond acceptors (Lipinski definition) is 2. The van der Waals surface area contributed by atoms with Crippen LogP contribution in [-0.2, 0) is 10.6 Å². The van der Waals surface area contributed by atoms with Gasteiger partial charge in [-0.1, -0.05) is 13.8 Å². The van der Waals surface area contributed by atoms with Crippen LogP contribution in [0.15, 0.2) is 4.36 Å². The zero-order chi connectivity index (χ0) is 8.20. The molecule has 0 amide bonds. The van der Waals surface area contributed by atoms with Crippen LogP contribution in [0.4, 0.5) is 0 Å². The second kappa shape index (κ2) is 3.96. The Morgan fingerprint density at radius 3 is 2.20 bits per heavy atom. The quantitative estimate of drug-likeness (QED) is 0.632. The molecule has 0 heterocycles. The van der Waals surface area contributed by atoms with Crippen molar-refractivity contribution >= 4 is 10.6 Å². The Kier molecular flexibility index (Phi) is 3.94. The summed E-state index contributed by atoms with van der Waals surface area (Å²) in [5.41, 5.74) is -0.0938. The molecule has 0 aliphatic rings. The van der Waals surface area contributed by atoms with E-state index in [1.165, 1.54) is 0 Å². The lowest BCUT2D eigenvalue weighted by Crippen LogP contribution is -2.14. The van der Waals surface area contributed by atoms with E-state index in [0.717, 1.165) is 6.42 Å². The Labute approximate surface area is 65.2 Å². The molecule has 0 aromatic carbocycles. The van der Waals surface area contributed by atoms with E-state index in [1.54, 1.807) is 0 Å². The molecule has 2 nitrogen and oxygen atoms in total. The fourth-order valence-corrected chi connectivity index (χ4v) is 1.33. The fourth-order valence-electron chi connectivity index (χ4n) is 0.443. The third-order valence-electron chi connectivity index (χ3n) is 1.52. The Bertz CT molecular complexity index is 168. The van der Waals surface area contributed by atoms with Crippen molar-refractivity contribution in [1.82, 2.24) is 0 Å². The number of nitrogens with zero attached hydrogens (tertiary/aromatic N) is 1. The van der Waals surface area contributed by atoms with Gasteiger partial charge in [-0.25, -0.2) is 4.36 Å². The minimum atomic E-state index is -1.30. The molecule has 0 saturated carbocycles. The second-order valence-corrected chi connectivity index (χ2v) is 4.47. The number of thiol groups is 1. The molecule has 10 heavy (non-hydrogen) atoms. The van der Waals surface area contributed by atoms with Crippen LogP contribution in [0.3, 0.4) is 0 Å². The average Bonchev–Trinajstić information content (AvgIpc) is 1.87. The molecular formula is C7H17NOS. The zero-order valence-electron chi connectivity index (χ0n) is 7.22. The van der Waals surface area contributed by atoms with Crippen LogP contribution in [0.5, 0.6) is 0 Å². The summed E-state index contributed by atoms with van der Waals surface area (Å²) in [7, 11) is -1.30. The molecule has 0 rings (SSSR count). The molecular weight excluding hydrogens is 146 g/mol. The van der Waals surface area contributed by atoms with E-state index in [0.29, 0.717) is 5.75 Å². The summed E-state index contributed by atoms with van der Waals surface area (Å²) in [6.45, 7) is 7.97. The molecule has 0 spiro atoms. The summed E-state index contributed by atoms with van der Waals surface area (Å²) >= 11 is 0. The summed E-state index contributed by atoms with van der Waals surface area (Å²) in [4.78, 5) is 0. The van der Waals surface area contributed by atoms with Crippen LogP contribution in [-0.4, -0.2) is 15.5 Å². The molecule has 3 heteroatoms. The molecule has 0 aliphatic carbocycles. The van der Waals surface area contributed by atoms with E-state index in [1.807, 2.05) is 20.8 Å². The largest absolute Gasteiger partial charge is 0.253 e. The highest BCUT2D eigenvalue weighted by molar-refractivity contribution is 7.74. The molecule has 0 bridgehead atoms. The lowest BCUT2D eigenvalue weighted by molar-refractivity contribution is 0.509. The monoisotopic (exact) mass is 163 g/mol. The molecule has 0 saturated heterocycles. The van der Waals surface area contributed by atoms with Gasteiger partial charge >= 0.3 is 0 Å². The Hall–Kier alpha value is -0.0500. The Morgan fingerprint density at radius 2 is 1.90 bits per heavy atom. The minimum Gasteiger partial charge on any atom is -0.253 e. The van der Waals surface area contributed by atoms with Crippen LogP contribution >= 0.6 is 0 Å². The van der Waals surface area contributed by atoms with Gasteiger partial charge in [-0.3, -0.25) is 4.21 Å². The first-order valence-corrected chi connectivity index (χ1v) is 5.09. The van der Waals surface area contributed by atoms with Crippen molar-refractivity contribution in [2.75, 3.05) is 5.75 Å². The summed E-state index contributed by atoms with van der Waals surface area (Å²) in [6, 6.07) is 0. The topological polar surface area (TPSA) is 29.4 Å². The molecule has 0 radical (unpaired) electrons. The molecule has 1 atom stereocenters. The third kappa shape index (κ3) is 3.88. The molecule has 1 unspecified atom stereocenters. The van der Waals surface area contributed by atoms with Crippen molar-refractivity contribution < 1.29 is 4.21 Å². The first-order chi connectivity index (χ1) is 4.52. The van der Waals surface area contributed by atoms with E-state index in [9.17, 15) is 4.21 Å². The lowest BCUT2D eigenvalue weighted by Gasteiger charge is -2.15. The SMILES string of the molecule is CC[SH](=O)=NC(C)(C)CC. The Balaban J connectivity index is 4.24. The fraction of sp³-hybridized carbons (Fsp3) is 1.00. The van der Waals surface area contributed by atoms with Crippen molar-refractivity contribution in [1.29, 1.82) is 0 Å². The summed E-state index contributed by atoms with van der Waals surface area (Å²) in [5.74, 6) is 0.665.